The number of carbonyl (C=O) groups excluding carboxylic acids is 2. The van der Waals surface area contributed by atoms with E-state index in [1.165, 1.54) is 6.92 Å². The highest BCUT2D eigenvalue weighted by atomic mass is 19.4. The quantitative estimate of drug-likeness (QED) is 0.330. The van der Waals surface area contributed by atoms with Crippen LogP contribution in [0, 0.1) is 11.8 Å². The van der Waals surface area contributed by atoms with E-state index in [9.17, 15) is 35.9 Å². The summed E-state index contributed by atoms with van der Waals surface area (Å²) < 4.78 is 91.5. The third-order valence-electron chi connectivity index (χ3n) is 6.20. The summed E-state index contributed by atoms with van der Waals surface area (Å²) >= 11 is 0. The zero-order chi connectivity index (χ0) is 23.4. The van der Waals surface area contributed by atoms with Crippen molar-refractivity contribution in [3.63, 3.8) is 0 Å². The first-order chi connectivity index (χ1) is 14.0. The first-order valence-corrected chi connectivity index (χ1v) is 9.95. The van der Waals surface area contributed by atoms with Gasteiger partial charge in [-0.2, -0.15) is 26.3 Å². The second-order valence-electron chi connectivity index (χ2n) is 9.16. The maximum Gasteiger partial charge on any atom is 0.434 e. The fourth-order valence-electron chi connectivity index (χ4n) is 5.59. The Morgan fingerprint density at radius 3 is 1.90 bits per heavy atom. The van der Waals surface area contributed by atoms with E-state index in [4.69, 9.17) is 9.47 Å². The molecule has 0 aromatic carbocycles. The van der Waals surface area contributed by atoms with Crippen LogP contribution < -0.4 is 0 Å². The van der Waals surface area contributed by atoms with E-state index < -0.39 is 47.7 Å². The van der Waals surface area contributed by atoms with E-state index >= 15 is 0 Å². The van der Waals surface area contributed by atoms with Crippen LogP contribution in [0.15, 0.2) is 12.2 Å². The molecule has 0 saturated heterocycles. The molecule has 0 radical (unpaired) electrons. The average molecular weight is 458 g/mol. The molecular weight excluding hydrogens is 434 g/mol. The minimum absolute atomic E-state index is 0.112. The van der Waals surface area contributed by atoms with Gasteiger partial charge in [-0.3, -0.25) is 0 Å². The standard InChI is InChI=1S/C20H24F6O5/c1-10(2)14(27)31-18-7-12-4-13(8-18)6-17(5-12,9-18)30-11(3)15(28)29-16(19(21,22)23)20(24,25)26/h11-13,16H,1,4-9H2,2-3H3. The van der Waals surface area contributed by atoms with Crippen molar-refractivity contribution in [2.45, 2.75) is 88.1 Å². The van der Waals surface area contributed by atoms with E-state index in [1.54, 1.807) is 0 Å². The van der Waals surface area contributed by atoms with Crippen molar-refractivity contribution in [3.8, 4) is 0 Å². The van der Waals surface area contributed by atoms with Crippen molar-refractivity contribution < 1.29 is 50.1 Å². The molecule has 0 spiro atoms. The largest absolute Gasteiger partial charge is 0.456 e. The molecule has 0 N–H and O–H groups in total. The van der Waals surface area contributed by atoms with Crippen LogP contribution in [0.3, 0.4) is 0 Å². The Hall–Kier alpha value is -1.78. The molecule has 5 nitrogen and oxygen atoms in total. The van der Waals surface area contributed by atoms with Crippen LogP contribution in [0.5, 0.6) is 0 Å². The highest BCUT2D eigenvalue weighted by Crippen LogP contribution is 2.60. The number of hydrogen-bond donors (Lipinski definition) is 0. The van der Waals surface area contributed by atoms with Gasteiger partial charge in [-0.15, -0.1) is 0 Å². The van der Waals surface area contributed by atoms with Crippen molar-refractivity contribution in [1.82, 2.24) is 0 Å². The van der Waals surface area contributed by atoms with Gasteiger partial charge in [0.1, 0.15) is 5.60 Å². The van der Waals surface area contributed by atoms with Gasteiger partial charge in [-0.05, 0) is 57.8 Å². The van der Waals surface area contributed by atoms with Gasteiger partial charge in [0.25, 0.3) is 6.10 Å². The Kier molecular flexibility index (Phi) is 5.91. The van der Waals surface area contributed by atoms with Gasteiger partial charge in [0.15, 0.2) is 6.10 Å². The van der Waals surface area contributed by atoms with Crippen molar-refractivity contribution in [3.05, 3.63) is 12.2 Å². The number of esters is 2. The lowest BCUT2D eigenvalue weighted by molar-refractivity contribution is -0.317. The lowest BCUT2D eigenvalue weighted by Crippen LogP contribution is -2.62. The van der Waals surface area contributed by atoms with E-state index in [0.29, 0.717) is 25.7 Å². The molecule has 3 unspecified atom stereocenters. The summed E-state index contributed by atoms with van der Waals surface area (Å²) in [5, 5.41) is 0. The molecule has 11 heteroatoms. The third-order valence-corrected chi connectivity index (χ3v) is 6.20. The van der Waals surface area contributed by atoms with Crippen LogP contribution in [0.2, 0.25) is 0 Å². The molecule has 4 bridgehead atoms. The van der Waals surface area contributed by atoms with Crippen molar-refractivity contribution in [1.29, 1.82) is 0 Å². The molecule has 4 aliphatic carbocycles. The van der Waals surface area contributed by atoms with Gasteiger partial charge in [0, 0.05) is 12.0 Å². The van der Waals surface area contributed by atoms with Crippen LogP contribution in [0.4, 0.5) is 26.3 Å². The molecule has 0 aromatic rings. The first-order valence-electron chi connectivity index (χ1n) is 9.95. The molecule has 176 valence electrons. The highest BCUT2D eigenvalue weighted by Gasteiger charge is 2.62. The van der Waals surface area contributed by atoms with E-state index in [0.717, 1.165) is 13.3 Å². The van der Waals surface area contributed by atoms with Crippen LogP contribution >= 0.6 is 0 Å². The van der Waals surface area contributed by atoms with E-state index in [2.05, 4.69) is 11.3 Å². The Bertz CT molecular complexity index is 730. The van der Waals surface area contributed by atoms with Gasteiger partial charge in [0.2, 0.25) is 0 Å². The second-order valence-corrected chi connectivity index (χ2v) is 9.16. The van der Waals surface area contributed by atoms with Crippen LogP contribution in [0.1, 0.15) is 52.4 Å². The molecule has 0 aliphatic heterocycles. The molecule has 4 rings (SSSR count). The Morgan fingerprint density at radius 2 is 1.45 bits per heavy atom. The minimum atomic E-state index is -5.80. The molecule has 0 aromatic heterocycles. The fraction of sp³-hybridized carbons (Fsp3) is 0.800. The van der Waals surface area contributed by atoms with Gasteiger partial charge >= 0.3 is 24.3 Å². The van der Waals surface area contributed by atoms with Crippen molar-refractivity contribution in [2.24, 2.45) is 11.8 Å². The topological polar surface area (TPSA) is 61.8 Å². The van der Waals surface area contributed by atoms with Gasteiger partial charge in [-0.1, -0.05) is 6.58 Å². The summed E-state index contributed by atoms with van der Waals surface area (Å²) in [6.07, 6.45) is -14.2. The van der Waals surface area contributed by atoms with Crippen LogP contribution in [-0.4, -0.2) is 47.7 Å². The Labute approximate surface area is 175 Å². The lowest BCUT2D eigenvalue weighted by atomic mass is 9.52. The number of carbonyl (C=O) groups is 2. The molecular formula is C20H24F6O5. The second kappa shape index (κ2) is 7.67. The van der Waals surface area contributed by atoms with Gasteiger partial charge < -0.3 is 14.2 Å². The molecule has 31 heavy (non-hydrogen) atoms. The number of halogens is 6. The summed E-state index contributed by atoms with van der Waals surface area (Å²) in [6, 6.07) is 0. The summed E-state index contributed by atoms with van der Waals surface area (Å²) in [5.41, 5.74) is -1.61. The van der Waals surface area contributed by atoms with E-state index in [1.807, 2.05) is 0 Å². The lowest BCUT2D eigenvalue weighted by Gasteiger charge is -2.61. The monoisotopic (exact) mass is 458 g/mol. The average Bonchev–Trinajstić information content (AvgIpc) is 2.55. The molecule has 0 heterocycles. The molecule has 0 amide bonds. The fourth-order valence-corrected chi connectivity index (χ4v) is 5.59. The summed E-state index contributed by atoms with van der Waals surface area (Å²) in [6.45, 7) is 6.13. The van der Waals surface area contributed by atoms with Gasteiger partial charge in [-0.25, -0.2) is 9.59 Å². The molecule has 4 saturated carbocycles. The predicted molar refractivity (Wildman–Crippen MR) is 93.6 cm³/mol. The van der Waals surface area contributed by atoms with Crippen molar-refractivity contribution in [2.75, 3.05) is 0 Å². The molecule has 3 atom stereocenters. The smallest absolute Gasteiger partial charge is 0.434 e. The first kappa shape index (κ1) is 23.9. The Morgan fingerprint density at radius 1 is 0.968 bits per heavy atom. The zero-order valence-electron chi connectivity index (χ0n) is 17.1. The Balaban J connectivity index is 1.73. The minimum Gasteiger partial charge on any atom is -0.456 e. The number of hydrogen-bond acceptors (Lipinski definition) is 5. The summed E-state index contributed by atoms with van der Waals surface area (Å²) in [5.74, 6) is -2.09. The molecule has 4 aliphatic rings. The number of ether oxygens (including phenoxy) is 3. The van der Waals surface area contributed by atoms with Crippen LogP contribution in [-0.2, 0) is 23.8 Å². The van der Waals surface area contributed by atoms with Crippen LogP contribution in [0.25, 0.3) is 0 Å². The predicted octanol–water partition coefficient (Wildman–Crippen LogP) is 4.64. The number of rotatable bonds is 6. The zero-order valence-corrected chi connectivity index (χ0v) is 17.1. The summed E-state index contributed by atoms with van der Waals surface area (Å²) in [4.78, 5) is 24.2. The maximum absolute atomic E-state index is 12.7. The van der Waals surface area contributed by atoms with Gasteiger partial charge in [0.05, 0.1) is 5.60 Å². The highest BCUT2D eigenvalue weighted by molar-refractivity contribution is 5.87. The maximum atomic E-state index is 12.7. The normalized spacial score (nSPS) is 33.3. The third kappa shape index (κ3) is 5.01. The van der Waals surface area contributed by atoms with E-state index in [-0.39, 0.29) is 23.8 Å². The molecule has 4 fully saturated rings. The van der Waals surface area contributed by atoms with Crippen molar-refractivity contribution >= 4 is 11.9 Å². The number of alkyl halides is 6. The SMILES string of the molecule is C=C(C)C(=O)OC12CC3CC(C1)CC(OC(C)C(=O)OC(C(F)(F)F)C(F)(F)F)(C3)C2. The summed E-state index contributed by atoms with van der Waals surface area (Å²) in [7, 11) is 0.